The first-order valence-electron chi connectivity index (χ1n) is 13.3. The molecule has 0 saturated heterocycles. The Labute approximate surface area is 229 Å². The van der Waals surface area contributed by atoms with Crippen LogP contribution in [0.5, 0.6) is 5.75 Å². The maximum absolute atomic E-state index is 14.6. The number of carbonyl (C=O) groups is 2. The third-order valence-corrected chi connectivity index (χ3v) is 7.14. The van der Waals surface area contributed by atoms with Crippen LogP contribution in [0.15, 0.2) is 83.9 Å². The molecular weight excluding hydrogens is 490 g/mol. The summed E-state index contributed by atoms with van der Waals surface area (Å²) in [5.41, 5.74) is 20.8. The molecule has 3 aromatic carbocycles. The summed E-state index contributed by atoms with van der Waals surface area (Å²) in [5.74, 6) is -0.174. The molecule has 8 heteroatoms. The molecule has 0 radical (unpaired) electrons. The summed E-state index contributed by atoms with van der Waals surface area (Å²) in [4.78, 5) is 33.2. The van der Waals surface area contributed by atoms with Gasteiger partial charge in [0.2, 0.25) is 11.8 Å². The van der Waals surface area contributed by atoms with E-state index in [0.29, 0.717) is 25.3 Å². The van der Waals surface area contributed by atoms with E-state index >= 15 is 0 Å². The van der Waals surface area contributed by atoms with Gasteiger partial charge in [0, 0.05) is 13.1 Å². The van der Waals surface area contributed by atoms with Crippen molar-refractivity contribution in [3.8, 4) is 5.75 Å². The normalized spacial score (nSPS) is 13.5. The Hall–Kier alpha value is -4.33. The number of carbonyl (C=O) groups excluding carboxylic acids is 2. The molecule has 1 aliphatic carbocycles. The second-order valence-corrected chi connectivity index (χ2v) is 9.93. The lowest BCUT2D eigenvalue weighted by atomic mass is 9.88. The van der Waals surface area contributed by atoms with Gasteiger partial charge in [-0.3, -0.25) is 14.6 Å². The van der Waals surface area contributed by atoms with Crippen molar-refractivity contribution < 1.29 is 14.3 Å². The topological polar surface area (TPSA) is 137 Å². The number of guanidine groups is 1. The Kier molecular flexibility index (Phi) is 9.20. The highest BCUT2D eigenvalue weighted by atomic mass is 16.5. The van der Waals surface area contributed by atoms with E-state index in [-0.39, 0.29) is 18.4 Å². The zero-order chi connectivity index (χ0) is 27.8. The maximum Gasteiger partial charge on any atom is 0.240 e. The first-order chi connectivity index (χ1) is 18.9. The molecule has 3 aromatic rings. The number of methoxy groups -OCH3 is 1. The average Bonchev–Trinajstić information content (AvgIpc) is 3.79. The molecule has 0 bridgehead atoms. The van der Waals surface area contributed by atoms with Crippen LogP contribution in [0.4, 0.5) is 0 Å². The average molecular weight is 528 g/mol. The lowest BCUT2D eigenvalue weighted by Gasteiger charge is -2.34. The first kappa shape index (κ1) is 27.7. The van der Waals surface area contributed by atoms with Crippen LogP contribution in [0, 0.1) is 0 Å². The maximum atomic E-state index is 14.6. The lowest BCUT2D eigenvalue weighted by Crippen LogP contribution is -2.49. The fraction of sp³-hybridized carbons (Fsp3) is 0.323. The second kappa shape index (κ2) is 13.0. The van der Waals surface area contributed by atoms with Crippen molar-refractivity contribution in [3.63, 3.8) is 0 Å². The molecule has 8 nitrogen and oxygen atoms in total. The van der Waals surface area contributed by atoms with Crippen LogP contribution < -0.4 is 21.9 Å². The van der Waals surface area contributed by atoms with Crippen molar-refractivity contribution in [2.75, 3.05) is 13.7 Å². The molecule has 0 heterocycles. The highest BCUT2D eigenvalue weighted by Gasteiger charge is 2.36. The van der Waals surface area contributed by atoms with Gasteiger partial charge in [0.15, 0.2) is 5.96 Å². The predicted molar refractivity (Wildman–Crippen MR) is 153 cm³/mol. The van der Waals surface area contributed by atoms with Crippen LogP contribution in [0.3, 0.4) is 0 Å². The summed E-state index contributed by atoms with van der Waals surface area (Å²) >= 11 is 0. The van der Waals surface area contributed by atoms with Gasteiger partial charge < -0.3 is 26.8 Å². The van der Waals surface area contributed by atoms with Crippen molar-refractivity contribution >= 4 is 17.8 Å². The van der Waals surface area contributed by atoms with E-state index in [0.717, 1.165) is 40.8 Å². The molecule has 0 aromatic heterocycles. The van der Waals surface area contributed by atoms with Crippen molar-refractivity contribution in [2.24, 2.45) is 22.2 Å². The summed E-state index contributed by atoms with van der Waals surface area (Å²) in [6.45, 7) is 0.589. The van der Waals surface area contributed by atoms with Gasteiger partial charge in [-0.2, -0.15) is 0 Å². The number of benzene rings is 3. The molecule has 0 spiro atoms. The molecule has 204 valence electrons. The molecule has 4 rings (SSSR count). The number of amides is 2. The van der Waals surface area contributed by atoms with Crippen molar-refractivity contribution in [2.45, 2.75) is 50.1 Å². The van der Waals surface area contributed by atoms with Crippen LogP contribution in [-0.4, -0.2) is 42.4 Å². The fourth-order valence-corrected chi connectivity index (χ4v) is 5.02. The van der Waals surface area contributed by atoms with E-state index in [9.17, 15) is 9.59 Å². The minimum Gasteiger partial charge on any atom is -0.497 e. The van der Waals surface area contributed by atoms with Gasteiger partial charge in [0.25, 0.3) is 0 Å². The Balaban J connectivity index is 1.76. The third-order valence-electron chi connectivity index (χ3n) is 7.14. The van der Waals surface area contributed by atoms with Gasteiger partial charge in [-0.1, -0.05) is 66.7 Å². The summed E-state index contributed by atoms with van der Waals surface area (Å²) < 4.78 is 5.48. The quantitative estimate of drug-likeness (QED) is 0.177. The molecular formula is C31H37N5O3. The van der Waals surface area contributed by atoms with Gasteiger partial charge in [0.05, 0.1) is 13.0 Å². The van der Waals surface area contributed by atoms with E-state index in [1.165, 1.54) is 0 Å². The van der Waals surface area contributed by atoms with Crippen LogP contribution in [-0.2, 0) is 16.1 Å². The van der Waals surface area contributed by atoms with E-state index in [2.05, 4.69) is 4.99 Å². The SMILES string of the molecule is COc1ccc(CN(C(=O)C(c2ccccc2)c2ccccc2)[C@H](CCCN=C(N)N)C(N)=O)c(C2CC2)c1. The molecule has 1 saturated carbocycles. The van der Waals surface area contributed by atoms with E-state index in [1.807, 2.05) is 78.9 Å². The van der Waals surface area contributed by atoms with Crippen molar-refractivity contribution in [3.05, 3.63) is 101 Å². The highest BCUT2D eigenvalue weighted by molar-refractivity contribution is 5.92. The monoisotopic (exact) mass is 527 g/mol. The Morgan fingerprint density at radius 2 is 1.56 bits per heavy atom. The zero-order valence-electron chi connectivity index (χ0n) is 22.3. The van der Waals surface area contributed by atoms with Gasteiger partial charge in [0.1, 0.15) is 11.8 Å². The van der Waals surface area contributed by atoms with Gasteiger partial charge in [-0.05, 0) is 66.0 Å². The number of hydrogen-bond acceptors (Lipinski definition) is 4. The number of ether oxygens (including phenoxy) is 1. The number of nitrogens with two attached hydrogens (primary N) is 3. The van der Waals surface area contributed by atoms with Crippen LogP contribution in [0.2, 0.25) is 0 Å². The van der Waals surface area contributed by atoms with Crippen molar-refractivity contribution in [1.82, 2.24) is 4.90 Å². The van der Waals surface area contributed by atoms with Gasteiger partial charge in [-0.15, -0.1) is 0 Å². The smallest absolute Gasteiger partial charge is 0.240 e. The summed E-state index contributed by atoms with van der Waals surface area (Å²) in [7, 11) is 1.64. The summed E-state index contributed by atoms with van der Waals surface area (Å²) in [6, 6.07) is 24.3. The molecule has 0 aliphatic heterocycles. The molecule has 2 amide bonds. The van der Waals surface area contributed by atoms with E-state index < -0.39 is 17.9 Å². The van der Waals surface area contributed by atoms with E-state index in [1.54, 1.807) is 12.0 Å². The summed E-state index contributed by atoms with van der Waals surface area (Å²) in [5, 5.41) is 0. The second-order valence-electron chi connectivity index (χ2n) is 9.93. The van der Waals surface area contributed by atoms with Gasteiger partial charge >= 0.3 is 0 Å². The Morgan fingerprint density at radius 1 is 0.949 bits per heavy atom. The minimum atomic E-state index is -0.837. The minimum absolute atomic E-state index is 0.0147. The Bertz CT molecular complexity index is 1250. The van der Waals surface area contributed by atoms with Crippen molar-refractivity contribution in [1.29, 1.82) is 0 Å². The highest BCUT2D eigenvalue weighted by Crippen LogP contribution is 2.43. The molecule has 1 fully saturated rings. The first-order valence-corrected chi connectivity index (χ1v) is 13.3. The number of hydrogen-bond donors (Lipinski definition) is 3. The van der Waals surface area contributed by atoms with Crippen LogP contribution in [0.1, 0.15) is 59.8 Å². The van der Waals surface area contributed by atoms with E-state index in [4.69, 9.17) is 21.9 Å². The summed E-state index contributed by atoms with van der Waals surface area (Å²) in [6.07, 6.45) is 3.00. The van der Waals surface area contributed by atoms with Crippen LogP contribution in [0.25, 0.3) is 0 Å². The molecule has 6 N–H and O–H groups in total. The predicted octanol–water partition coefficient (Wildman–Crippen LogP) is 3.64. The lowest BCUT2D eigenvalue weighted by molar-refractivity contribution is -0.141. The number of primary amides is 1. The van der Waals surface area contributed by atoms with Gasteiger partial charge in [-0.25, -0.2) is 0 Å². The molecule has 1 atom stereocenters. The number of rotatable bonds is 13. The number of nitrogens with zero attached hydrogens (tertiary/aromatic N) is 2. The van der Waals surface area contributed by atoms with Crippen LogP contribution >= 0.6 is 0 Å². The molecule has 39 heavy (non-hydrogen) atoms. The largest absolute Gasteiger partial charge is 0.497 e. The third kappa shape index (κ3) is 7.16. The molecule has 0 unspecified atom stereocenters. The fourth-order valence-electron chi connectivity index (χ4n) is 5.02. The zero-order valence-corrected chi connectivity index (χ0v) is 22.3. The Morgan fingerprint density at radius 3 is 2.08 bits per heavy atom. The molecule has 1 aliphatic rings. The number of aliphatic imine (C=N–C) groups is 1. The standard InChI is InChI=1S/C31H37N5O3/c1-39-25-17-16-24(26(19-25)21-14-15-21)20-36(27(29(32)37)13-8-18-35-31(33)34)30(38)28(22-9-4-2-5-10-22)23-11-6-3-7-12-23/h2-7,9-12,16-17,19,21,27-28H,8,13-15,18,20H2,1H3,(H2,32,37)(H4,33,34,35)/t27-/m1/s1.